The van der Waals surface area contributed by atoms with Crippen molar-refractivity contribution in [2.45, 2.75) is 13.0 Å². The van der Waals surface area contributed by atoms with E-state index in [9.17, 15) is 8.78 Å². The van der Waals surface area contributed by atoms with Crippen LogP contribution in [0.3, 0.4) is 0 Å². The molecule has 0 amide bonds. The number of benzene rings is 1. The molecule has 6 heteroatoms. The fraction of sp³-hybridized carbons (Fsp3) is 0.500. The van der Waals surface area contributed by atoms with Crippen LogP contribution in [0.5, 0.6) is 5.75 Å². The Hall–Kier alpha value is -0.720. The van der Waals surface area contributed by atoms with Gasteiger partial charge in [-0.2, -0.15) is 4.39 Å². The Balaban J connectivity index is 2.40. The summed E-state index contributed by atoms with van der Waals surface area (Å²) in [6.07, 6.45) is 0. The van der Waals surface area contributed by atoms with Gasteiger partial charge in [0.1, 0.15) is 6.61 Å². The molecule has 1 unspecified atom stereocenters. The first-order chi connectivity index (χ1) is 8.54. The number of ether oxygens (including phenoxy) is 2. The fourth-order valence-corrected chi connectivity index (χ4v) is 1.82. The van der Waals surface area contributed by atoms with Crippen molar-refractivity contribution in [2.75, 3.05) is 26.9 Å². The first kappa shape index (κ1) is 15.3. The summed E-state index contributed by atoms with van der Waals surface area (Å²) in [5.41, 5.74) is 0. The van der Waals surface area contributed by atoms with E-state index in [2.05, 4.69) is 21.2 Å². The third-order valence-corrected chi connectivity index (χ3v) is 2.69. The molecule has 0 radical (unpaired) electrons. The lowest BCUT2D eigenvalue weighted by molar-refractivity contribution is 0.168. The molecular formula is C12H16BrF2NO2. The normalized spacial score (nSPS) is 12.5. The van der Waals surface area contributed by atoms with Crippen LogP contribution in [0.1, 0.15) is 6.92 Å². The summed E-state index contributed by atoms with van der Waals surface area (Å²) in [6.45, 7) is 3.32. The Bertz CT molecular complexity index is 391. The highest BCUT2D eigenvalue weighted by molar-refractivity contribution is 9.10. The molecule has 3 nitrogen and oxygen atoms in total. The molecule has 0 aromatic heterocycles. The van der Waals surface area contributed by atoms with Crippen LogP contribution in [0.15, 0.2) is 16.6 Å². The summed E-state index contributed by atoms with van der Waals surface area (Å²) in [6, 6.07) is 2.64. The smallest absolute Gasteiger partial charge is 0.200 e. The van der Waals surface area contributed by atoms with E-state index in [0.717, 1.165) is 6.07 Å². The van der Waals surface area contributed by atoms with Gasteiger partial charge >= 0.3 is 0 Å². The maximum Gasteiger partial charge on any atom is 0.200 e. The molecule has 1 aromatic rings. The molecule has 1 rings (SSSR count). The van der Waals surface area contributed by atoms with Gasteiger partial charge in [-0.15, -0.1) is 0 Å². The lowest BCUT2D eigenvalue weighted by Crippen LogP contribution is -2.33. The highest BCUT2D eigenvalue weighted by Crippen LogP contribution is 2.25. The van der Waals surface area contributed by atoms with Crippen molar-refractivity contribution < 1.29 is 18.3 Å². The van der Waals surface area contributed by atoms with Crippen LogP contribution in [-0.2, 0) is 4.74 Å². The van der Waals surface area contributed by atoms with Crippen LogP contribution in [0.25, 0.3) is 0 Å². The molecule has 0 spiro atoms. The molecule has 0 saturated carbocycles. The SMILES string of the molecule is COCC(C)NCCOc1cc(Br)cc(F)c1F. The second-order valence-corrected chi connectivity index (χ2v) is 4.77. The number of halogens is 3. The number of rotatable bonds is 7. The van der Waals surface area contributed by atoms with Gasteiger partial charge < -0.3 is 14.8 Å². The van der Waals surface area contributed by atoms with Crippen molar-refractivity contribution in [3.05, 3.63) is 28.2 Å². The van der Waals surface area contributed by atoms with Gasteiger partial charge in [-0.25, -0.2) is 4.39 Å². The summed E-state index contributed by atoms with van der Waals surface area (Å²) in [4.78, 5) is 0. The van der Waals surface area contributed by atoms with Crippen molar-refractivity contribution in [3.63, 3.8) is 0 Å². The molecule has 0 heterocycles. The molecule has 18 heavy (non-hydrogen) atoms. The highest BCUT2D eigenvalue weighted by Gasteiger charge is 2.11. The van der Waals surface area contributed by atoms with Crippen molar-refractivity contribution in [1.82, 2.24) is 5.32 Å². The van der Waals surface area contributed by atoms with Gasteiger partial charge in [0.05, 0.1) is 6.61 Å². The maximum absolute atomic E-state index is 13.3. The zero-order chi connectivity index (χ0) is 13.5. The minimum absolute atomic E-state index is 0.0944. The van der Waals surface area contributed by atoms with Gasteiger partial charge in [-0.05, 0) is 19.1 Å². The van der Waals surface area contributed by atoms with E-state index in [4.69, 9.17) is 9.47 Å². The second-order valence-electron chi connectivity index (χ2n) is 3.86. The van der Waals surface area contributed by atoms with E-state index in [1.54, 1.807) is 7.11 Å². The Kier molecular flexibility index (Phi) is 6.52. The zero-order valence-corrected chi connectivity index (χ0v) is 11.9. The molecule has 1 N–H and O–H groups in total. The molecule has 0 bridgehead atoms. The predicted molar refractivity (Wildman–Crippen MR) is 68.9 cm³/mol. The summed E-state index contributed by atoms with van der Waals surface area (Å²) in [7, 11) is 1.62. The van der Waals surface area contributed by atoms with Crippen LogP contribution in [0, 0.1) is 11.6 Å². The highest BCUT2D eigenvalue weighted by atomic mass is 79.9. The van der Waals surface area contributed by atoms with Crippen molar-refractivity contribution in [1.29, 1.82) is 0 Å². The van der Waals surface area contributed by atoms with Crippen molar-refractivity contribution in [2.24, 2.45) is 0 Å². The number of hydrogen-bond acceptors (Lipinski definition) is 3. The molecule has 0 fully saturated rings. The van der Waals surface area contributed by atoms with E-state index < -0.39 is 11.6 Å². The Morgan fingerprint density at radius 3 is 2.78 bits per heavy atom. The van der Waals surface area contributed by atoms with Gasteiger partial charge in [0, 0.05) is 24.2 Å². The lowest BCUT2D eigenvalue weighted by Gasteiger charge is -2.13. The molecule has 0 aliphatic heterocycles. The molecule has 102 valence electrons. The van der Waals surface area contributed by atoms with Crippen LogP contribution in [0.2, 0.25) is 0 Å². The second kappa shape index (κ2) is 7.66. The molecule has 0 aliphatic rings. The third-order valence-electron chi connectivity index (χ3n) is 2.23. The van der Waals surface area contributed by atoms with Crippen LogP contribution < -0.4 is 10.1 Å². The van der Waals surface area contributed by atoms with E-state index in [1.807, 2.05) is 6.92 Å². The number of hydrogen-bond donors (Lipinski definition) is 1. The molecule has 0 aliphatic carbocycles. The monoisotopic (exact) mass is 323 g/mol. The van der Waals surface area contributed by atoms with Gasteiger partial charge in [0.2, 0.25) is 5.82 Å². The Morgan fingerprint density at radius 2 is 2.11 bits per heavy atom. The Labute approximate surface area is 114 Å². The first-order valence-corrected chi connectivity index (χ1v) is 6.33. The minimum atomic E-state index is -0.969. The molecule has 1 aromatic carbocycles. The van der Waals surface area contributed by atoms with Crippen molar-refractivity contribution >= 4 is 15.9 Å². The molecule has 1 atom stereocenters. The van der Waals surface area contributed by atoms with Crippen LogP contribution >= 0.6 is 15.9 Å². The lowest BCUT2D eigenvalue weighted by atomic mass is 10.3. The van der Waals surface area contributed by atoms with Gasteiger partial charge in [-0.3, -0.25) is 0 Å². The van der Waals surface area contributed by atoms with E-state index in [0.29, 0.717) is 17.6 Å². The minimum Gasteiger partial charge on any atom is -0.489 e. The summed E-state index contributed by atoms with van der Waals surface area (Å²) in [5.74, 6) is -1.99. The summed E-state index contributed by atoms with van der Waals surface area (Å²) < 4.78 is 37.0. The standard InChI is InChI=1S/C12H16BrF2NO2/c1-8(7-17-2)16-3-4-18-11-6-9(13)5-10(14)12(11)15/h5-6,8,16H,3-4,7H2,1-2H3. The largest absolute Gasteiger partial charge is 0.489 e. The predicted octanol–water partition coefficient (Wildman–Crippen LogP) is 2.73. The Morgan fingerprint density at radius 1 is 1.39 bits per heavy atom. The number of nitrogens with one attached hydrogen (secondary N) is 1. The van der Waals surface area contributed by atoms with Gasteiger partial charge in [0.25, 0.3) is 0 Å². The zero-order valence-electron chi connectivity index (χ0n) is 10.3. The third kappa shape index (κ3) is 4.88. The average Bonchev–Trinajstić information content (AvgIpc) is 2.31. The number of methoxy groups -OCH3 is 1. The van der Waals surface area contributed by atoms with Crippen molar-refractivity contribution in [3.8, 4) is 5.75 Å². The van der Waals surface area contributed by atoms with E-state index >= 15 is 0 Å². The van der Waals surface area contributed by atoms with E-state index in [-0.39, 0.29) is 18.4 Å². The topological polar surface area (TPSA) is 30.5 Å². The van der Waals surface area contributed by atoms with Gasteiger partial charge in [-0.1, -0.05) is 15.9 Å². The van der Waals surface area contributed by atoms with Crippen LogP contribution in [-0.4, -0.2) is 32.9 Å². The van der Waals surface area contributed by atoms with E-state index in [1.165, 1.54) is 6.07 Å². The molecule has 0 saturated heterocycles. The van der Waals surface area contributed by atoms with Crippen LogP contribution in [0.4, 0.5) is 8.78 Å². The summed E-state index contributed by atoms with van der Waals surface area (Å²) >= 11 is 3.08. The maximum atomic E-state index is 13.3. The first-order valence-electron chi connectivity index (χ1n) is 5.54. The quantitative estimate of drug-likeness (QED) is 0.618. The average molecular weight is 324 g/mol. The summed E-state index contributed by atoms with van der Waals surface area (Å²) in [5, 5.41) is 3.12. The molecular weight excluding hydrogens is 308 g/mol. The van der Waals surface area contributed by atoms with Gasteiger partial charge in [0.15, 0.2) is 11.6 Å². The fourth-order valence-electron chi connectivity index (χ4n) is 1.41.